The molecule has 1 fully saturated rings. The maximum absolute atomic E-state index is 11.4. The molecule has 0 spiro atoms. The number of rotatable bonds is 4. The summed E-state index contributed by atoms with van der Waals surface area (Å²) in [5.41, 5.74) is 6.60. The van der Waals surface area contributed by atoms with Gasteiger partial charge in [-0.3, -0.25) is 19.3 Å². The fourth-order valence-corrected chi connectivity index (χ4v) is 3.61. The van der Waals surface area contributed by atoms with Crippen molar-refractivity contribution in [2.45, 2.75) is 18.8 Å². The zero-order valence-electron chi connectivity index (χ0n) is 14.5. The molecule has 9 nitrogen and oxygen atoms in total. The number of carbonyl (C=O) groups excluding carboxylic acids is 1. The smallest absolute Gasteiger partial charge is 0.293 e. The number of benzene rings is 1. The summed E-state index contributed by atoms with van der Waals surface area (Å²) in [7, 11) is 0. The van der Waals surface area contributed by atoms with E-state index in [0.717, 1.165) is 24.3 Å². The number of nitro benzene ring substituents is 1. The first-order valence-corrected chi connectivity index (χ1v) is 8.67. The highest BCUT2D eigenvalue weighted by Gasteiger charge is 2.28. The topological polar surface area (TPSA) is 120 Å². The largest absolute Gasteiger partial charge is 0.366 e. The summed E-state index contributed by atoms with van der Waals surface area (Å²) >= 11 is 0. The van der Waals surface area contributed by atoms with Crippen LogP contribution in [0.2, 0.25) is 0 Å². The molecule has 1 aliphatic heterocycles. The highest BCUT2D eigenvalue weighted by Crippen LogP contribution is 2.34. The number of hydrogen-bond donors (Lipinski definition) is 1. The predicted octanol–water partition coefficient (Wildman–Crippen LogP) is 2.12. The average molecular weight is 366 g/mol. The predicted molar refractivity (Wildman–Crippen MR) is 98.8 cm³/mol. The van der Waals surface area contributed by atoms with E-state index in [1.54, 1.807) is 6.07 Å². The lowest BCUT2D eigenvalue weighted by molar-refractivity contribution is -0.384. The molecule has 138 valence electrons. The molecular formula is C18H18N6O3. The molecule has 0 bridgehead atoms. The van der Waals surface area contributed by atoms with Gasteiger partial charge < -0.3 is 10.6 Å². The maximum atomic E-state index is 11.4. The fourth-order valence-electron chi connectivity index (χ4n) is 3.61. The molecular weight excluding hydrogens is 348 g/mol. The van der Waals surface area contributed by atoms with Crippen molar-refractivity contribution in [1.29, 1.82) is 0 Å². The van der Waals surface area contributed by atoms with Gasteiger partial charge in [-0.15, -0.1) is 10.2 Å². The molecule has 3 heterocycles. The van der Waals surface area contributed by atoms with Crippen molar-refractivity contribution in [2.75, 3.05) is 18.0 Å². The molecule has 4 rings (SSSR count). The van der Waals surface area contributed by atoms with E-state index in [1.807, 2.05) is 33.7 Å². The molecule has 0 atom stereocenters. The van der Waals surface area contributed by atoms with Gasteiger partial charge in [0, 0.05) is 36.8 Å². The molecule has 1 amide bonds. The average Bonchev–Trinajstić information content (AvgIpc) is 3.11. The Labute approximate surface area is 154 Å². The summed E-state index contributed by atoms with van der Waals surface area (Å²) in [5, 5.41) is 20.0. The molecule has 27 heavy (non-hydrogen) atoms. The van der Waals surface area contributed by atoms with Crippen LogP contribution in [0, 0.1) is 10.1 Å². The Morgan fingerprint density at radius 1 is 1.19 bits per heavy atom. The normalized spacial score (nSPS) is 15.2. The van der Waals surface area contributed by atoms with Gasteiger partial charge in [0.2, 0.25) is 5.91 Å². The Kier molecular flexibility index (Phi) is 4.19. The standard InChI is InChI=1S/C18H18N6O3/c19-17(25)13-4-5-14(15(11-13)24(26)27)22-9-6-12(7-10-22)18-21-20-16-3-1-2-8-23(16)18/h1-5,8,11-12H,6-7,9-10H2,(H2,19,25). The first-order valence-electron chi connectivity index (χ1n) is 8.67. The molecule has 2 N–H and O–H groups in total. The lowest BCUT2D eigenvalue weighted by atomic mass is 9.95. The Bertz CT molecular complexity index is 1020. The number of hydrogen-bond acceptors (Lipinski definition) is 6. The number of amides is 1. The molecule has 1 saturated heterocycles. The van der Waals surface area contributed by atoms with Crippen LogP contribution in [0.3, 0.4) is 0 Å². The van der Waals surface area contributed by atoms with E-state index in [1.165, 1.54) is 12.1 Å². The number of carbonyl (C=O) groups is 1. The Balaban J connectivity index is 1.56. The lowest BCUT2D eigenvalue weighted by Crippen LogP contribution is -2.34. The second-order valence-electron chi connectivity index (χ2n) is 6.57. The van der Waals surface area contributed by atoms with Crippen LogP contribution in [-0.4, -0.2) is 38.5 Å². The van der Waals surface area contributed by atoms with Crippen LogP contribution < -0.4 is 10.6 Å². The highest BCUT2D eigenvalue weighted by molar-refractivity contribution is 5.94. The van der Waals surface area contributed by atoms with Gasteiger partial charge in [-0.25, -0.2) is 0 Å². The van der Waals surface area contributed by atoms with Gasteiger partial charge in [0.05, 0.1) is 4.92 Å². The Morgan fingerprint density at radius 3 is 2.67 bits per heavy atom. The molecule has 1 aromatic carbocycles. The second kappa shape index (κ2) is 6.67. The summed E-state index contributed by atoms with van der Waals surface area (Å²) in [6, 6.07) is 10.2. The summed E-state index contributed by atoms with van der Waals surface area (Å²) in [6.45, 7) is 1.31. The van der Waals surface area contributed by atoms with Crippen LogP contribution in [0.1, 0.15) is 34.9 Å². The maximum Gasteiger partial charge on any atom is 0.293 e. The van der Waals surface area contributed by atoms with E-state index in [9.17, 15) is 14.9 Å². The zero-order chi connectivity index (χ0) is 19.0. The van der Waals surface area contributed by atoms with Crippen molar-refractivity contribution < 1.29 is 9.72 Å². The summed E-state index contributed by atoms with van der Waals surface area (Å²) in [5.74, 6) is 0.480. The number of piperidine rings is 1. The van der Waals surface area contributed by atoms with Crippen molar-refractivity contribution in [1.82, 2.24) is 14.6 Å². The summed E-state index contributed by atoms with van der Waals surface area (Å²) in [6.07, 6.45) is 3.57. The minimum absolute atomic E-state index is 0.0994. The SMILES string of the molecule is NC(=O)c1ccc(N2CCC(c3nnc4ccccn34)CC2)c([N+](=O)[O-])c1. The fraction of sp³-hybridized carbons (Fsp3) is 0.278. The first kappa shape index (κ1) is 17.0. The highest BCUT2D eigenvalue weighted by atomic mass is 16.6. The molecule has 0 saturated carbocycles. The number of pyridine rings is 1. The van der Waals surface area contributed by atoms with Crippen molar-refractivity contribution in [3.63, 3.8) is 0 Å². The van der Waals surface area contributed by atoms with E-state index in [-0.39, 0.29) is 17.2 Å². The van der Waals surface area contributed by atoms with E-state index < -0.39 is 10.8 Å². The lowest BCUT2D eigenvalue weighted by Gasteiger charge is -2.32. The van der Waals surface area contributed by atoms with Crippen LogP contribution in [0.4, 0.5) is 11.4 Å². The minimum Gasteiger partial charge on any atom is -0.366 e. The summed E-state index contributed by atoms with van der Waals surface area (Å²) < 4.78 is 1.99. The molecule has 0 aliphatic carbocycles. The third-order valence-electron chi connectivity index (χ3n) is 5.00. The quantitative estimate of drug-likeness (QED) is 0.558. The summed E-state index contributed by atoms with van der Waals surface area (Å²) in [4.78, 5) is 24.3. The van der Waals surface area contributed by atoms with Crippen molar-refractivity contribution >= 4 is 22.9 Å². The molecule has 0 unspecified atom stereocenters. The van der Waals surface area contributed by atoms with Crippen LogP contribution >= 0.6 is 0 Å². The van der Waals surface area contributed by atoms with Gasteiger partial charge in [-0.2, -0.15) is 0 Å². The monoisotopic (exact) mass is 366 g/mol. The van der Waals surface area contributed by atoms with Crippen molar-refractivity contribution in [2.24, 2.45) is 5.73 Å². The first-order chi connectivity index (χ1) is 13.0. The van der Waals surface area contributed by atoms with Crippen molar-refractivity contribution in [3.05, 3.63) is 64.1 Å². The van der Waals surface area contributed by atoms with Gasteiger partial charge in [-0.1, -0.05) is 6.07 Å². The van der Waals surface area contributed by atoms with Gasteiger partial charge in [0.25, 0.3) is 5.69 Å². The number of nitrogens with zero attached hydrogens (tertiary/aromatic N) is 5. The molecule has 1 aliphatic rings. The van der Waals surface area contributed by atoms with Gasteiger partial charge >= 0.3 is 0 Å². The van der Waals surface area contributed by atoms with E-state index in [0.29, 0.717) is 18.8 Å². The molecule has 2 aromatic heterocycles. The van der Waals surface area contributed by atoms with Gasteiger partial charge in [-0.05, 0) is 37.1 Å². The third kappa shape index (κ3) is 3.07. The van der Waals surface area contributed by atoms with E-state index >= 15 is 0 Å². The minimum atomic E-state index is -0.679. The molecule has 3 aromatic rings. The van der Waals surface area contributed by atoms with Crippen LogP contribution in [-0.2, 0) is 0 Å². The molecule has 0 radical (unpaired) electrons. The van der Waals surface area contributed by atoms with Crippen molar-refractivity contribution in [3.8, 4) is 0 Å². The van der Waals surface area contributed by atoms with Crippen LogP contribution in [0.15, 0.2) is 42.6 Å². The number of primary amides is 1. The third-order valence-corrected chi connectivity index (χ3v) is 5.00. The van der Waals surface area contributed by atoms with Crippen LogP contribution in [0.5, 0.6) is 0 Å². The van der Waals surface area contributed by atoms with Gasteiger partial charge in [0.15, 0.2) is 5.65 Å². The zero-order valence-corrected chi connectivity index (χ0v) is 14.5. The number of aromatic nitrogens is 3. The van der Waals surface area contributed by atoms with E-state index in [4.69, 9.17) is 5.73 Å². The molecule has 9 heteroatoms. The number of nitro groups is 1. The van der Waals surface area contributed by atoms with Crippen LogP contribution in [0.25, 0.3) is 5.65 Å². The number of fused-ring (bicyclic) bond motifs is 1. The Morgan fingerprint density at radius 2 is 1.96 bits per heavy atom. The Hall–Kier alpha value is -3.49. The second-order valence-corrected chi connectivity index (χ2v) is 6.57. The number of anilines is 1. The number of nitrogens with two attached hydrogens (primary N) is 1. The van der Waals surface area contributed by atoms with E-state index in [2.05, 4.69) is 10.2 Å². The van der Waals surface area contributed by atoms with Gasteiger partial charge in [0.1, 0.15) is 11.5 Å².